The molecule has 4 nitrogen and oxygen atoms in total. The Bertz CT molecular complexity index is 963. The van der Waals surface area contributed by atoms with Crippen LogP contribution in [0.3, 0.4) is 0 Å². The van der Waals surface area contributed by atoms with Crippen LogP contribution in [0.2, 0.25) is 0 Å². The van der Waals surface area contributed by atoms with E-state index < -0.39 is 17.5 Å². The summed E-state index contributed by atoms with van der Waals surface area (Å²) < 4.78 is 39.8. The number of nitrogens with one attached hydrogen (secondary N) is 2. The third-order valence-corrected chi connectivity index (χ3v) is 3.86. The second kappa shape index (κ2) is 8.35. The Morgan fingerprint density at radius 3 is 2.48 bits per heavy atom. The van der Waals surface area contributed by atoms with E-state index in [1.807, 2.05) is 0 Å². The second-order valence-electron chi connectivity index (χ2n) is 5.81. The molecule has 0 aliphatic carbocycles. The van der Waals surface area contributed by atoms with Gasteiger partial charge in [0, 0.05) is 30.7 Å². The normalized spacial score (nSPS) is 10.5. The van der Waals surface area contributed by atoms with Gasteiger partial charge in [-0.2, -0.15) is 0 Å². The molecule has 0 atom stereocenters. The molecule has 0 unspecified atom stereocenters. The lowest BCUT2D eigenvalue weighted by Gasteiger charge is -2.09. The van der Waals surface area contributed by atoms with Gasteiger partial charge in [-0.1, -0.05) is 18.2 Å². The fourth-order valence-corrected chi connectivity index (χ4v) is 2.48. The summed E-state index contributed by atoms with van der Waals surface area (Å²) in [6, 6.07) is 11.2. The number of carbonyl (C=O) groups excluding carboxylic acids is 1. The first-order chi connectivity index (χ1) is 13.0. The monoisotopic (exact) mass is 371 g/mol. The Morgan fingerprint density at radius 1 is 0.889 bits per heavy atom. The highest BCUT2D eigenvalue weighted by Crippen LogP contribution is 2.16. The van der Waals surface area contributed by atoms with E-state index in [4.69, 9.17) is 0 Å². The first-order valence-electron chi connectivity index (χ1n) is 8.21. The molecule has 0 radical (unpaired) electrons. The van der Waals surface area contributed by atoms with Crippen molar-refractivity contribution in [2.45, 2.75) is 6.42 Å². The van der Waals surface area contributed by atoms with Gasteiger partial charge in [-0.25, -0.2) is 13.2 Å². The lowest BCUT2D eigenvalue weighted by atomic mass is 10.1. The Kier molecular flexibility index (Phi) is 5.71. The number of pyridine rings is 1. The smallest absolute Gasteiger partial charge is 0.257 e. The summed E-state index contributed by atoms with van der Waals surface area (Å²) in [7, 11) is 0. The van der Waals surface area contributed by atoms with Crippen LogP contribution >= 0.6 is 0 Å². The minimum atomic E-state index is -1.05. The van der Waals surface area contributed by atoms with E-state index in [1.54, 1.807) is 24.3 Å². The van der Waals surface area contributed by atoms with Crippen LogP contribution in [0, 0.1) is 17.5 Å². The van der Waals surface area contributed by atoms with Gasteiger partial charge in [0.05, 0.1) is 11.3 Å². The zero-order valence-electron chi connectivity index (χ0n) is 14.2. The SMILES string of the molecule is O=C(Nc1ccc(F)c(F)c1)c1cncc(NCCc2ccccc2F)c1. The Morgan fingerprint density at radius 2 is 1.70 bits per heavy atom. The summed E-state index contributed by atoms with van der Waals surface area (Å²) in [5.41, 5.74) is 1.56. The van der Waals surface area contributed by atoms with Gasteiger partial charge in [-0.15, -0.1) is 0 Å². The van der Waals surface area contributed by atoms with Gasteiger partial charge >= 0.3 is 0 Å². The van der Waals surface area contributed by atoms with Crippen molar-refractivity contribution in [1.82, 2.24) is 4.98 Å². The van der Waals surface area contributed by atoms with Crippen molar-refractivity contribution in [3.05, 3.63) is 89.5 Å². The van der Waals surface area contributed by atoms with E-state index in [-0.39, 0.29) is 17.1 Å². The maximum atomic E-state index is 13.6. The molecule has 0 spiro atoms. The molecular formula is C20H16F3N3O. The summed E-state index contributed by atoms with van der Waals surface area (Å²) in [5, 5.41) is 5.56. The molecule has 3 rings (SSSR count). The van der Waals surface area contributed by atoms with E-state index in [2.05, 4.69) is 15.6 Å². The number of anilines is 2. The lowest BCUT2D eigenvalue weighted by Crippen LogP contribution is -2.13. The summed E-state index contributed by atoms with van der Waals surface area (Å²) >= 11 is 0. The number of rotatable bonds is 6. The molecule has 0 fully saturated rings. The number of amides is 1. The molecule has 3 aromatic rings. The van der Waals surface area contributed by atoms with Crippen molar-refractivity contribution < 1.29 is 18.0 Å². The molecule has 2 aromatic carbocycles. The molecule has 7 heteroatoms. The van der Waals surface area contributed by atoms with Crippen molar-refractivity contribution in [2.75, 3.05) is 17.2 Å². The molecular weight excluding hydrogens is 355 g/mol. The quantitative estimate of drug-likeness (QED) is 0.675. The number of halogens is 3. The highest BCUT2D eigenvalue weighted by molar-refractivity contribution is 6.04. The number of hydrogen-bond acceptors (Lipinski definition) is 3. The van der Waals surface area contributed by atoms with Gasteiger partial charge in [0.1, 0.15) is 5.82 Å². The van der Waals surface area contributed by atoms with Crippen LogP contribution in [-0.2, 0) is 6.42 Å². The van der Waals surface area contributed by atoms with Crippen LogP contribution in [0.15, 0.2) is 60.9 Å². The summed E-state index contributed by atoms with van der Waals surface area (Å²) in [6.45, 7) is 0.455. The van der Waals surface area contributed by atoms with E-state index in [0.29, 0.717) is 24.2 Å². The molecule has 0 saturated heterocycles. The maximum absolute atomic E-state index is 13.6. The standard InChI is InChI=1S/C20H16F3N3O/c21-17-4-2-1-3-13(17)7-8-25-16-9-14(11-24-12-16)20(27)26-15-5-6-18(22)19(23)10-15/h1-6,9-12,25H,7-8H2,(H,26,27). The molecule has 27 heavy (non-hydrogen) atoms. The Hall–Kier alpha value is -3.35. The predicted molar refractivity (Wildman–Crippen MR) is 97.1 cm³/mol. The van der Waals surface area contributed by atoms with Crippen molar-refractivity contribution in [1.29, 1.82) is 0 Å². The van der Waals surface area contributed by atoms with Gasteiger partial charge in [-0.05, 0) is 36.2 Å². The topological polar surface area (TPSA) is 54.0 Å². The van der Waals surface area contributed by atoms with Gasteiger partial charge < -0.3 is 10.6 Å². The van der Waals surface area contributed by atoms with Gasteiger partial charge in [0.2, 0.25) is 0 Å². The van der Waals surface area contributed by atoms with Crippen LogP contribution in [0.25, 0.3) is 0 Å². The van der Waals surface area contributed by atoms with Crippen LogP contribution in [0.1, 0.15) is 15.9 Å². The summed E-state index contributed by atoms with van der Waals surface area (Å²) in [5.74, 6) is -2.81. The average Bonchev–Trinajstić information content (AvgIpc) is 2.66. The van der Waals surface area contributed by atoms with Crippen LogP contribution in [0.4, 0.5) is 24.5 Å². The van der Waals surface area contributed by atoms with Crippen molar-refractivity contribution in [2.24, 2.45) is 0 Å². The molecule has 1 amide bonds. The minimum absolute atomic E-state index is 0.136. The molecule has 2 N–H and O–H groups in total. The van der Waals surface area contributed by atoms with Gasteiger partial charge in [0.15, 0.2) is 11.6 Å². The largest absolute Gasteiger partial charge is 0.383 e. The molecule has 1 heterocycles. The highest BCUT2D eigenvalue weighted by Gasteiger charge is 2.10. The minimum Gasteiger partial charge on any atom is -0.383 e. The second-order valence-corrected chi connectivity index (χ2v) is 5.81. The zero-order chi connectivity index (χ0) is 19.2. The van der Waals surface area contributed by atoms with Crippen molar-refractivity contribution in [3.63, 3.8) is 0 Å². The number of carbonyl (C=O) groups is 1. The maximum Gasteiger partial charge on any atom is 0.257 e. The third kappa shape index (κ3) is 4.84. The molecule has 0 aliphatic rings. The van der Waals surface area contributed by atoms with E-state index in [1.165, 1.54) is 24.5 Å². The van der Waals surface area contributed by atoms with Crippen LogP contribution in [-0.4, -0.2) is 17.4 Å². The summed E-state index contributed by atoms with van der Waals surface area (Å²) in [6.07, 6.45) is 3.37. The van der Waals surface area contributed by atoms with Gasteiger partial charge in [-0.3, -0.25) is 9.78 Å². The van der Waals surface area contributed by atoms with E-state index >= 15 is 0 Å². The highest BCUT2D eigenvalue weighted by atomic mass is 19.2. The molecule has 0 aliphatic heterocycles. The first kappa shape index (κ1) is 18.4. The Balaban J connectivity index is 1.61. The predicted octanol–water partition coefficient (Wildman–Crippen LogP) is 4.41. The van der Waals surface area contributed by atoms with Crippen molar-refractivity contribution in [3.8, 4) is 0 Å². The number of hydrogen-bond donors (Lipinski definition) is 2. The number of benzene rings is 2. The number of aromatic nitrogens is 1. The zero-order valence-corrected chi connectivity index (χ0v) is 14.2. The molecule has 0 bridgehead atoms. The number of nitrogens with zero attached hydrogens (tertiary/aromatic N) is 1. The summed E-state index contributed by atoms with van der Waals surface area (Å²) in [4.78, 5) is 16.2. The Labute approximate surface area is 154 Å². The van der Waals surface area contributed by atoms with E-state index in [9.17, 15) is 18.0 Å². The van der Waals surface area contributed by atoms with Crippen LogP contribution in [0.5, 0.6) is 0 Å². The lowest BCUT2D eigenvalue weighted by molar-refractivity contribution is 0.102. The van der Waals surface area contributed by atoms with Crippen molar-refractivity contribution >= 4 is 17.3 Å². The molecule has 1 aromatic heterocycles. The fraction of sp³-hybridized carbons (Fsp3) is 0.100. The fourth-order valence-electron chi connectivity index (χ4n) is 2.48. The average molecular weight is 371 g/mol. The van der Waals surface area contributed by atoms with Crippen LogP contribution < -0.4 is 10.6 Å². The third-order valence-electron chi connectivity index (χ3n) is 3.86. The molecule has 0 saturated carbocycles. The van der Waals surface area contributed by atoms with E-state index in [0.717, 1.165) is 12.1 Å². The van der Waals surface area contributed by atoms with Gasteiger partial charge in [0.25, 0.3) is 5.91 Å². The molecule has 138 valence electrons. The first-order valence-corrected chi connectivity index (χ1v) is 8.21.